The lowest BCUT2D eigenvalue weighted by atomic mass is 10.1. The first kappa shape index (κ1) is 23.7. The molecule has 1 aliphatic rings. The fourth-order valence-corrected chi connectivity index (χ4v) is 5.04. The molecule has 0 N–H and O–H groups in total. The molecule has 0 spiro atoms. The molecule has 0 saturated carbocycles. The van der Waals surface area contributed by atoms with E-state index in [-0.39, 0.29) is 16.4 Å². The Morgan fingerprint density at radius 2 is 1.45 bits per heavy atom. The fourth-order valence-electron chi connectivity index (χ4n) is 3.03. The Hall–Kier alpha value is -1.91. The van der Waals surface area contributed by atoms with E-state index in [1.54, 1.807) is 23.9 Å². The normalized spacial score (nSPS) is 19.3. The molecule has 31 heavy (non-hydrogen) atoms. The molecule has 1 heterocycles. The zero-order valence-corrected chi connectivity index (χ0v) is 18.7. The van der Waals surface area contributed by atoms with Crippen molar-refractivity contribution in [2.45, 2.75) is 10.1 Å². The van der Waals surface area contributed by atoms with Gasteiger partial charge in [-0.15, -0.1) is 23.5 Å². The van der Waals surface area contributed by atoms with Gasteiger partial charge in [0, 0.05) is 29.2 Å². The van der Waals surface area contributed by atoms with Gasteiger partial charge < -0.3 is 14.2 Å². The van der Waals surface area contributed by atoms with Crippen molar-refractivity contribution in [3.05, 3.63) is 80.0 Å². The van der Waals surface area contributed by atoms with Gasteiger partial charge in [-0.05, 0) is 11.6 Å². The Labute approximate surface area is 189 Å². The highest BCUT2D eigenvalue weighted by molar-refractivity contribution is 7.99. The second kappa shape index (κ2) is 12.8. The molecule has 1 aliphatic heterocycles. The molecule has 2 aromatic carbocycles. The molecule has 2 bridgehead atoms. The first-order valence-corrected chi connectivity index (χ1v) is 12.1. The molecular weight excluding hydrogens is 438 g/mol. The zero-order chi connectivity index (χ0) is 21.9. The van der Waals surface area contributed by atoms with Crippen molar-refractivity contribution in [3.63, 3.8) is 0 Å². The predicted molar refractivity (Wildman–Crippen MR) is 123 cm³/mol. The van der Waals surface area contributed by atoms with E-state index in [0.717, 1.165) is 5.56 Å². The molecular formula is C22H25NO6S2. The van der Waals surface area contributed by atoms with Gasteiger partial charge in [0.1, 0.15) is 0 Å². The van der Waals surface area contributed by atoms with Crippen LogP contribution in [0.2, 0.25) is 0 Å². The Morgan fingerprint density at radius 1 is 0.839 bits per heavy atom. The number of hydrogen-bond donors (Lipinski definition) is 0. The molecule has 0 amide bonds. The van der Waals surface area contributed by atoms with Gasteiger partial charge in [0.2, 0.25) is 0 Å². The highest BCUT2D eigenvalue weighted by Crippen LogP contribution is 2.35. The van der Waals surface area contributed by atoms with Crippen molar-refractivity contribution in [1.82, 2.24) is 0 Å². The third kappa shape index (κ3) is 7.33. The summed E-state index contributed by atoms with van der Waals surface area (Å²) in [5.41, 5.74) is 1.50. The smallest absolute Gasteiger partial charge is 0.269 e. The van der Waals surface area contributed by atoms with E-state index in [0.29, 0.717) is 61.6 Å². The van der Waals surface area contributed by atoms with Crippen molar-refractivity contribution < 1.29 is 19.1 Å². The van der Waals surface area contributed by atoms with Gasteiger partial charge in [-0.2, -0.15) is 0 Å². The quantitative estimate of drug-likeness (QED) is 0.489. The molecule has 1 unspecified atom stereocenters. The van der Waals surface area contributed by atoms with Crippen LogP contribution in [0.4, 0.5) is 5.69 Å². The first-order chi connectivity index (χ1) is 15.2. The third-order valence-electron chi connectivity index (χ3n) is 4.55. The van der Waals surface area contributed by atoms with Crippen LogP contribution in [0.3, 0.4) is 0 Å². The number of hydrogen-bond acceptors (Lipinski definition) is 8. The van der Waals surface area contributed by atoms with E-state index in [2.05, 4.69) is 0 Å². The van der Waals surface area contributed by atoms with Crippen LogP contribution in [-0.2, 0) is 14.2 Å². The summed E-state index contributed by atoms with van der Waals surface area (Å²) in [5, 5.41) is 10.8. The lowest BCUT2D eigenvalue weighted by molar-refractivity contribution is -0.384. The van der Waals surface area contributed by atoms with E-state index < -0.39 is 4.92 Å². The summed E-state index contributed by atoms with van der Waals surface area (Å²) in [7, 11) is 0. The van der Waals surface area contributed by atoms with E-state index in [1.807, 2.05) is 24.3 Å². The van der Waals surface area contributed by atoms with Crippen LogP contribution < -0.4 is 5.43 Å². The minimum absolute atomic E-state index is 0.0264. The topological polar surface area (TPSA) is 87.9 Å². The van der Waals surface area contributed by atoms with Gasteiger partial charge in [-0.25, -0.2) is 0 Å². The van der Waals surface area contributed by atoms with Crippen molar-refractivity contribution in [3.8, 4) is 0 Å². The van der Waals surface area contributed by atoms with E-state index in [9.17, 15) is 14.9 Å². The van der Waals surface area contributed by atoms with Gasteiger partial charge in [0.15, 0.2) is 5.43 Å². The maximum absolute atomic E-state index is 13.3. The van der Waals surface area contributed by atoms with Gasteiger partial charge in [-0.1, -0.05) is 30.3 Å². The second-order valence-electron chi connectivity index (χ2n) is 6.65. The number of benzene rings is 1. The van der Waals surface area contributed by atoms with Gasteiger partial charge >= 0.3 is 0 Å². The minimum Gasteiger partial charge on any atom is -0.378 e. The van der Waals surface area contributed by atoms with Crippen molar-refractivity contribution in [2.75, 3.05) is 51.1 Å². The number of nitrogens with zero attached hydrogens (tertiary/aromatic N) is 1. The van der Waals surface area contributed by atoms with Gasteiger partial charge in [0.25, 0.3) is 5.69 Å². The maximum atomic E-state index is 13.3. The molecule has 2 aromatic rings. The van der Waals surface area contributed by atoms with E-state index in [1.165, 1.54) is 23.9 Å². The zero-order valence-electron chi connectivity index (χ0n) is 17.1. The Bertz CT molecular complexity index is 909. The number of nitro groups is 1. The Balaban J connectivity index is 1.91. The number of nitro benzene ring substituents is 1. The maximum Gasteiger partial charge on any atom is 0.269 e. The Morgan fingerprint density at radius 3 is 2.13 bits per heavy atom. The number of rotatable bonds is 2. The van der Waals surface area contributed by atoms with Crippen LogP contribution in [-0.4, -0.2) is 56.1 Å². The molecule has 0 aliphatic carbocycles. The molecule has 166 valence electrons. The van der Waals surface area contributed by atoms with E-state index in [4.69, 9.17) is 14.2 Å². The number of non-ortho nitro benzene ring substituents is 1. The molecule has 0 fully saturated rings. The average molecular weight is 464 g/mol. The largest absolute Gasteiger partial charge is 0.378 e. The van der Waals surface area contributed by atoms with Crippen LogP contribution in [0.25, 0.3) is 0 Å². The summed E-state index contributed by atoms with van der Waals surface area (Å²) in [6.07, 6.45) is 0. The van der Waals surface area contributed by atoms with Gasteiger partial charge in [-0.3, -0.25) is 14.9 Å². The summed E-state index contributed by atoms with van der Waals surface area (Å²) < 4.78 is 16.7. The molecule has 0 radical (unpaired) electrons. The van der Waals surface area contributed by atoms with Crippen LogP contribution in [0.5, 0.6) is 0 Å². The summed E-state index contributed by atoms with van der Waals surface area (Å²) in [6.45, 7) is 3.08. The third-order valence-corrected chi connectivity index (χ3v) is 6.82. The molecule has 1 atom stereocenters. The van der Waals surface area contributed by atoms with Crippen LogP contribution in [0.15, 0.2) is 58.2 Å². The summed E-state index contributed by atoms with van der Waals surface area (Å²) in [4.78, 5) is 24.6. The average Bonchev–Trinajstić information content (AvgIpc) is 2.95. The molecule has 0 saturated heterocycles. The second-order valence-corrected chi connectivity index (χ2v) is 9.00. The molecule has 7 nitrogen and oxygen atoms in total. The van der Waals surface area contributed by atoms with Crippen molar-refractivity contribution >= 4 is 29.2 Å². The SMILES string of the molecule is O=c1c2ccccc1C(c1ccc([N+](=O)[O-])cc1)SCCOCCOCCOCCS2. The van der Waals surface area contributed by atoms with Crippen LogP contribution in [0, 0.1) is 10.1 Å². The summed E-state index contributed by atoms with van der Waals surface area (Å²) in [6, 6.07) is 13.8. The number of ether oxygens (including phenoxy) is 3. The summed E-state index contributed by atoms with van der Waals surface area (Å²) in [5.74, 6) is 1.34. The van der Waals surface area contributed by atoms with Crippen LogP contribution >= 0.6 is 23.5 Å². The van der Waals surface area contributed by atoms with Crippen molar-refractivity contribution in [2.24, 2.45) is 0 Å². The van der Waals surface area contributed by atoms with Crippen LogP contribution in [0.1, 0.15) is 16.4 Å². The highest BCUT2D eigenvalue weighted by atomic mass is 32.2. The Kier molecular flexibility index (Phi) is 9.83. The lowest BCUT2D eigenvalue weighted by Gasteiger charge is -2.17. The lowest BCUT2D eigenvalue weighted by Crippen LogP contribution is -2.14. The molecule has 3 rings (SSSR count). The predicted octanol–water partition coefficient (Wildman–Crippen LogP) is 3.93. The fraction of sp³-hybridized carbons (Fsp3) is 0.409. The standard InChI is InChI=1S/C22H25NO6S2/c24-21-19-3-1-2-4-20(21)30-15-13-28-11-9-27-10-12-29-14-16-31-22(19)17-5-7-18(8-6-17)23(25)26/h1-8,22H,9-16H2. The van der Waals surface area contributed by atoms with E-state index >= 15 is 0 Å². The monoisotopic (exact) mass is 463 g/mol. The first-order valence-electron chi connectivity index (χ1n) is 10.0. The summed E-state index contributed by atoms with van der Waals surface area (Å²) >= 11 is 3.06. The van der Waals surface area contributed by atoms with Crippen molar-refractivity contribution in [1.29, 1.82) is 0 Å². The number of thioether (sulfide) groups is 2. The molecule has 0 aromatic heterocycles. The minimum atomic E-state index is -0.424. The van der Waals surface area contributed by atoms with Gasteiger partial charge in [0.05, 0.1) is 54.7 Å². The molecule has 9 heteroatoms. The highest BCUT2D eigenvalue weighted by Gasteiger charge is 2.20. The number of fused-ring (bicyclic) bond motifs is 2.